The third-order valence-electron chi connectivity index (χ3n) is 2.19. The van der Waals surface area contributed by atoms with Crippen molar-refractivity contribution in [3.63, 3.8) is 0 Å². The summed E-state index contributed by atoms with van der Waals surface area (Å²) in [7, 11) is 1.62. The smallest absolute Gasteiger partial charge is 0.175 e. The molecule has 18 heavy (non-hydrogen) atoms. The van der Waals surface area contributed by atoms with E-state index in [1.165, 1.54) is 0 Å². The maximum atomic E-state index is 10.8. The van der Waals surface area contributed by atoms with Gasteiger partial charge in [0, 0.05) is 12.7 Å². The van der Waals surface area contributed by atoms with Gasteiger partial charge in [-0.15, -0.1) is 0 Å². The molecule has 4 nitrogen and oxygen atoms in total. The average molecular weight is 317 g/mol. The topological polar surface area (TPSA) is 44.8 Å². The fourth-order valence-electron chi connectivity index (χ4n) is 1.50. The highest BCUT2D eigenvalue weighted by Crippen LogP contribution is 2.37. The van der Waals surface area contributed by atoms with E-state index in [-0.39, 0.29) is 6.10 Å². The van der Waals surface area contributed by atoms with E-state index < -0.39 is 0 Å². The lowest BCUT2D eigenvalue weighted by Crippen LogP contribution is -2.18. The Labute approximate surface area is 115 Å². The first-order valence-electron chi connectivity index (χ1n) is 5.69. The molecule has 5 heteroatoms. The normalized spacial score (nSPS) is 12.0. The standard InChI is InChI=1S/C13H17BrO4/c1-4-17-12-6-10(7-15)5-11(14)13(12)18-9(2)8-16-3/h5-7,9H,4,8H2,1-3H3. The van der Waals surface area contributed by atoms with E-state index in [4.69, 9.17) is 14.2 Å². The number of carbonyl (C=O) groups excluding carboxylic acids is 1. The molecule has 0 saturated heterocycles. The monoisotopic (exact) mass is 316 g/mol. The molecule has 1 rings (SSSR count). The van der Waals surface area contributed by atoms with Crippen LogP contribution in [-0.4, -0.2) is 32.7 Å². The highest BCUT2D eigenvalue weighted by Gasteiger charge is 2.15. The second kappa shape index (κ2) is 7.38. The van der Waals surface area contributed by atoms with Gasteiger partial charge in [0.2, 0.25) is 0 Å². The molecular weight excluding hydrogens is 300 g/mol. The molecule has 100 valence electrons. The van der Waals surface area contributed by atoms with Crippen molar-refractivity contribution in [1.29, 1.82) is 0 Å². The molecule has 0 bridgehead atoms. The second-order valence-corrected chi connectivity index (χ2v) is 4.62. The number of halogens is 1. The zero-order valence-electron chi connectivity index (χ0n) is 10.7. The van der Waals surface area contributed by atoms with Crippen LogP contribution in [0.25, 0.3) is 0 Å². The average Bonchev–Trinajstić information content (AvgIpc) is 2.33. The van der Waals surface area contributed by atoms with E-state index in [1.807, 2.05) is 13.8 Å². The highest BCUT2D eigenvalue weighted by atomic mass is 79.9. The van der Waals surface area contributed by atoms with Crippen LogP contribution in [-0.2, 0) is 4.74 Å². The molecule has 0 N–H and O–H groups in total. The third-order valence-corrected chi connectivity index (χ3v) is 2.78. The summed E-state index contributed by atoms with van der Waals surface area (Å²) < 4.78 is 17.0. The van der Waals surface area contributed by atoms with E-state index >= 15 is 0 Å². The van der Waals surface area contributed by atoms with Crippen molar-refractivity contribution in [3.05, 3.63) is 22.2 Å². The molecule has 0 fully saturated rings. The summed E-state index contributed by atoms with van der Waals surface area (Å²) in [5.41, 5.74) is 0.539. The summed E-state index contributed by atoms with van der Waals surface area (Å²) in [4.78, 5) is 10.8. The minimum absolute atomic E-state index is 0.104. The zero-order valence-corrected chi connectivity index (χ0v) is 12.3. The van der Waals surface area contributed by atoms with E-state index in [9.17, 15) is 4.79 Å². The number of ether oxygens (including phenoxy) is 3. The number of rotatable bonds is 7. The molecule has 1 aromatic carbocycles. The summed E-state index contributed by atoms with van der Waals surface area (Å²) in [6.07, 6.45) is 0.669. The van der Waals surface area contributed by atoms with Gasteiger partial charge >= 0.3 is 0 Å². The minimum Gasteiger partial charge on any atom is -0.490 e. The van der Waals surface area contributed by atoms with Gasteiger partial charge in [-0.25, -0.2) is 0 Å². The van der Waals surface area contributed by atoms with Gasteiger partial charge in [-0.2, -0.15) is 0 Å². The molecule has 1 atom stereocenters. The first-order chi connectivity index (χ1) is 8.62. The van der Waals surface area contributed by atoms with E-state index in [0.717, 1.165) is 6.29 Å². The molecular formula is C13H17BrO4. The quantitative estimate of drug-likeness (QED) is 0.725. The van der Waals surface area contributed by atoms with Gasteiger partial charge in [0.1, 0.15) is 12.4 Å². The predicted molar refractivity (Wildman–Crippen MR) is 72.7 cm³/mol. The maximum Gasteiger partial charge on any atom is 0.175 e. The zero-order chi connectivity index (χ0) is 13.5. The van der Waals surface area contributed by atoms with Crippen LogP contribution in [0.2, 0.25) is 0 Å². The second-order valence-electron chi connectivity index (χ2n) is 3.76. The van der Waals surface area contributed by atoms with Crippen molar-refractivity contribution in [2.45, 2.75) is 20.0 Å². The molecule has 0 aliphatic carbocycles. The molecule has 0 aliphatic heterocycles. The van der Waals surface area contributed by atoms with E-state index in [0.29, 0.717) is 34.7 Å². The van der Waals surface area contributed by atoms with Crippen LogP contribution in [0.5, 0.6) is 11.5 Å². The van der Waals surface area contributed by atoms with Crippen molar-refractivity contribution >= 4 is 22.2 Å². The number of carbonyl (C=O) groups is 1. The molecule has 0 aliphatic rings. The highest BCUT2D eigenvalue weighted by molar-refractivity contribution is 9.10. The molecule has 1 aromatic rings. The maximum absolute atomic E-state index is 10.8. The van der Waals surface area contributed by atoms with Crippen LogP contribution in [0.4, 0.5) is 0 Å². The van der Waals surface area contributed by atoms with Crippen molar-refractivity contribution < 1.29 is 19.0 Å². The fraction of sp³-hybridized carbons (Fsp3) is 0.462. The minimum atomic E-state index is -0.104. The Bertz CT molecular complexity index is 406. The Morgan fingerprint density at radius 2 is 2.17 bits per heavy atom. The van der Waals surface area contributed by atoms with Crippen molar-refractivity contribution in [2.75, 3.05) is 20.3 Å². The predicted octanol–water partition coefficient (Wildman–Crippen LogP) is 3.07. The largest absolute Gasteiger partial charge is 0.490 e. The van der Waals surface area contributed by atoms with E-state index in [1.54, 1.807) is 19.2 Å². The number of benzene rings is 1. The van der Waals surface area contributed by atoms with Crippen LogP contribution in [0, 0.1) is 0 Å². The number of hydrogen-bond donors (Lipinski definition) is 0. The summed E-state index contributed by atoms with van der Waals surface area (Å²) in [5.74, 6) is 1.14. The number of hydrogen-bond acceptors (Lipinski definition) is 4. The lowest BCUT2D eigenvalue weighted by Gasteiger charge is -2.18. The van der Waals surface area contributed by atoms with Crippen LogP contribution in [0.1, 0.15) is 24.2 Å². The van der Waals surface area contributed by atoms with Gasteiger partial charge in [-0.05, 0) is 41.9 Å². The molecule has 0 aromatic heterocycles. The first kappa shape index (κ1) is 15.0. The van der Waals surface area contributed by atoms with Crippen molar-refractivity contribution in [3.8, 4) is 11.5 Å². The molecule has 0 amide bonds. The lowest BCUT2D eigenvalue weighted by molar-refractivity contribution is 0.0888. The fourth-order valence-corrected chi connectivity index (χ4v) is 2.06. The Kier molecular flexibility index (Phi) is 6.15. The molecule has 0 saturated carbocycles. The molecule has 0 radical (unpaired) electrons. The van der Waals surface area contributed by atoms with Crippen LogP contribution >= 0.6 is 15.9 Å². The Morgan fingerprint density at radius 1 is 1.44 bits per heavy atom. The summed E-state index contributed by atoms with van der Waals surface area (Å²) in [6.45, 7) is 4.76. The van der Waals surface area contributed by atoms with Gasteiger partial charge in [-0.3, -0.25) is 4.79 Å². The Morgan fingerprint density at radius 3 is 2.72 bits per heavy atom. The molecule has 1 unspecified atom stereocenters. The Balaban J connectivity index is 3.03. The third kappa shape index (κ3) is 3.99. The van der Waals surface area contributed by atoms with Crippen LogP contribution in [0.3, 0.4) is 0 Å². The summed E-state index contributed by atoms with van der Waals surface area (Å²) >= 11 is 3.38. The summed E-state index contributed by atoms with van der Waals surface area (Å²) in [6, 6.07) is 3.36. The van der Waals surface area contributed by atoms with Crippen molar-refractivity contribution in [2.24, 2.45) is 0 Å². The van der Waals surface area contributed by atoms with Crippen LogP contribution in [0.15, 0.2) is 16.6 Å². The van der Waals surface area contributed by atoms with Crippen molar-refractivity contribution in [1.82, 2.24) is 0 Å². The van der Waals surface area contributed by atoms with Gasteiger partial charge in [0.05, 0.1) is 17.7 Å². The van der Waals surface area contributed by atoms with Gasteiger partial charge in [0.25, 0.3) is 0 Å². The molecule has 0 spiro atoms. The number of aldehydes is 1. The number of methoxy groups -OCH3 is 1. The van der Waals surface area contributed by atoms with Crippen LogP contribution < -0.4 is 9.47 Å². The lowest BCUT2D eigenvalue weighted by atomic mass is 10.2. The van der Waals surface area contributed by atoms with Gasteiger partial charge in [0.15, 0.2) is 11.5 Å². The molecule has 0 heterocycles. The van der Waals surface area contributed by atoms with Gasteiger partial charge < -0.3 is 14.2 Å². The first-order valence-corrected chi connectivity index (χ1v) is 6.48. The summed E-state index contributed by atoms with van der Waals surface area (Å²) in [5, 5.41) is 0. The van der Waals surface area contributed by atoms with E-state index in [2.05, 4.69) is 15.9 Å². The Hall–Kier alpha value is -1.07. The van der Waals surface area contributed by atoms with Gasteiger partial charge in [-0.1, -0.05) is 0 Å². The SMILES string of the molecule is CCOc1cc(C=O)cc(Br)c1OC(C)COC.